The number of amides is 1. The topological polar surface area (TPSA) is 47.6 Å². The summed E-state index contributed by atoms with van der Waals surface area (Å²) < 4.78 is 12.4. The molecular formula is C23H17BrClNO3. The summed E-state index contributed by atoms with van der Waals surface area (Å²) in [7, 11) is 1.59. The fourth-order valence-corrected chi connectivity index (χ4v) is 3.54. The molecule has 146 valence electrons. The number of ether oxygens (including phenoxy) is 2. The number of carbonyl (C=O) groups is 1. The lowest BCUT2D eigenvalue weighted by Crippen LogP contribution is -2.03. The first-order valence-corrected chi connectivity index (χ1v) is 10.1. The number of carbonyl (C=O) groups excluding carboxylic acids is 1. The molecule has 0 aromatic heterocycles. The number of benzene rings is 3. The highest BCUT2D eigenvalue weighted by atomic mass is 79.9. The van der Waals surface area contributed by atoms with Gasteiger partial charge in [0.15, 0.2) is 11.5 Å². The van der Waals surface area contributed by atoms with Crippen molar-refractivity contribution < 1.29 is 14.3 Å². The first-order chi connectivity index (χ1) is 14.0. The van der Waals surface area contributed by atoms with E-state index in [-0.39, 0.29) is 5.91 Å². The van der Waals surface area contributed by atoms with E-state index in [9.17, 15) is 4.79 Å². The zero-order valence-electron chi connectivity index (χ0n) is 15.5. The normalized spacial score (nSPS) is 13.9. The molecule has 0 bridgehead atoms. The van der Waals surface area contributed by atoms with Gasteiger partial charge in [-0.3, -0.25) is 4.79 Å². The zero-order chi connectivity index (χ0) is 20.4. The summed E-state index contributed by atoms with van der Waals surface area (Å²) in [5, 5.41) is 3.44. The molecule has 0 spiro atoms. The Balaban J connectivity index is 1.58. The molecule has 29 heavy (non-hydrogen) atoms. The molecule has 3 aromatic carbocycles. The molecule has 0 saturated heterocycles. The Labute approximate surface area is 182 Å². The molecule has 1 heterocycles. The summed E-state index contributed by atoms with van der Waals surface area (Å²) in [6.45, 7) is 0.429. The Bertz CT molecular complexity index is 1110. The molecule has 1 aliphatic heterocycles. The quantitative estimate of drug-likeness (QED) is 0.453. The molecule has 0 fully saturated rings. The summed E-state index contributed by atoms with van der Waals surface area (Å²) >= 11 is 9.52. The summed E-state index contributed by atoms with van der Waals surface area (Å²) in [6, 6.07) is 18.9. The van der Waals surface area contributed by atoms with Gasteiger partial charge in [0, 0.05) is 26.3 Å². The molecule has 6 heteroatoms. The molecule has 3 aromatic rings. The predicted octanol–water partition coefficient (Wildman–Crippen LogP) is 6.18. The van der Waals surface area contributed by atoms with E-state index in [1.165, 1.54) is 0 Å². The van der Waals surface area contributed by atoms with Gasteiger partial charge in [0.25, 0.3) is 5.91 Å². The first kappa shape index (κ1) is 19.6. The maximum atomic E-state index is 12.4. The lowest BCUT2D eigenvalue weighted by atomic mass is 10.0. The predicted molar refractivity (Wildman–Crippen MR) is 119 cm³/mol. The van der Waals surface area contributed by atoms with Crippen molar-refractivity contribution in [2.24, 2.45) is 0 Å². The number of fused-ring (bicyclic) bond motifs is 1. The van der Waals surface area contributed by atoms with Crippen LogP contribution >= 0.6 is 27.5 Å². The van der Waals surface area contributed by atoms with Crippen molar-refractivity contribution in [3.8, 4) is 11.5 Å². The lowest BCUT2D eigenvalue weighted by molar-refractivity contribution is -0.110. The Morgan fingerprint density at radius 1 is 1.03 bits per heavy atom. The smallest absolute Gasteiger partial charge is 0.256 e. The molecule has 4 rings (SSSR count). The van der Waals surface area contributed by atoms with E-state index in [4.69, 9.17) is 21.1 Å². The van der Waals surface area contributed by atoms with E-state index in [1.807, 2.05) is 48.5 Å². The lowest BCUT2D eigenvalue weighted by Gasteiger charge is -2.12. The van der Waals surface area contributed by atoms with Crippen molar-refractivity contribution in [3.63, 3.8) is 0 Å². The van der Waals surface area contributed by atoms with Gasteiger partial charge in [0.1, 0.15) is 6.61 Å². The van der Waals surface area contributed by atoms with Gasteiger partial charge in [-0.2, -0.15) is 0 Å². The van der Waals surface area contributed by atoms with Gasteiger partial charge in [0.05, 0.1) is 7.11 Å². The molecule has 1 aliphatic rings. The van der Waals surface area contributed by atoms with Crippen LogP contribution in [0.1, 0.15) is 16.7 Å². The highest BCUT2D eigenvalue weighted by Crippen LogP contribution is 2.36. The van der Waals surface area contributed by atoms with Crippen molar-refractivity contribution >= 4 is 50.8 Å². The number of methoxy groups -OCH3 is 1. The summed E-state index contributed by atoms with van der Waals surface area (Å²) in [6.07, 6.45) is 1.82. The molecule has 4 nitrogen and oxygen atoms in total. The highest BCUT2D eigenvalue weighted by molar-refractivity contribution is 9.10. The highest BCUT2D eigenvalue weighted by Gasteiger charge is 2.24. The second-order valence-corrected chi connectivity index (χ2v) is 7.88. The summed E-state index contributed by atoms with van der Waals surface area (Å²) in [5.74, 6) is 1.08. The molecule has 1 amide bonds. The molecule has 0 saturated carbocycles. The van der Waals surface area contributed by atoms with Crippen LogP contribution in [0.15, 0.2) is 65.1 Å². The summed E-state index contributed by atoms with van der Waals surface area (Å²) in [4.78, 5) is 12.4. The third-order valence-electron chi connectivity index (χ3n) is 4.57. The molecule has 0 aliphatic carbocycles. The van der Waals surface area contributed by atoms with Crippen LogP contribution in [0.3, 0.4) is 0 Å². The van der Waals surface area contributed by atoms with E-state index in [2.05, 4.69) is 21.2 Å². The van der Waals surface area contributed by atoms with Crippen molar-refractivity contribution in [1.82, 2.24) is 0 Å². The van der Waals surface area contributed by atoms with Crippen molar-refractivity contribution in [2.75, 3.05) is 12.4 Å². The number of nitrogens with one attached hydrogen (secondary N) is 1. The second kappa shape index (κ2) is 8.31. The number of rotatable bonds is 5. The second-order valence-electron chi connectivity index (χ2n) is 6.53. The average Bonchev–Trinajstić information content (AvgIpc) is 3.02. The van der Waals surface area contributed by atoms with Crippen LogP contribution in [0.5, 0.6) is 11.5 Å². The molecular weight excluding hydrogens is 454 g/mol. The fourth-order valence-electron chi connectivity index (χ4n) is 3.11. The van der Waals surface area contributed by atoms with Gasteiger partial charge >= 0.3 is 0 Å². The monoisotopic (exact) mass is 469 g/mol. The number of anilines is 1. The van der Waals surface area contributed by atoms with Crippen LogP contribution in [0.25, 0.3) is 11.6 Å². The maximum Gasteiger partial charge on any atom is 0.256 e. The molecule has 0 unspecified atom stereocenters. The van der Waals surface area contributed by atoms with Crippen molar-refractivity contribution in [1.29, 1.82) is 0 Å². The number of hydrogen-bond donors (Lipinski definition) is 1. The van der Waals surface area contributed by atoms with E-state index in [1.54, 1.807) is 25.3 Å². The van der Waals surface area contributed by atoms with Crippen LogP contribution in [0.4, 0.5) is 5.69 Å². The Kier molecular flexibility index (Phi) is 5.60. The zero-order valence-corrected chi connectivity index (χ0v) is 17.9. The Morgan fingerprint density at radius 2 is 1.83 bits per heavy atom. The van der Waals surface area contributed by atoms with E-state index in [0.29, 0.717) is 28.7 Å². The first-order valence-electron chi connectivity index (χ1n) is 8.92. The summed E-state index contributed by atoms with van der Waals surface area (Å²) in [5.41, 5.74) is 3.99. The standard InChI is InChI=1S/C23H17BrClNO3/c1-28-22-11-15(4-9-21(22)29-13-14-2-5-16(24)6-3-14)10-19-18-12-17(25)7-8-20(18)26-23(19)27/h2-12H,13H2,1H3,(H,26,27)/b19-10-. The van der Waals surface area contributed by atoms with E-state index in [0.717, 1.165) is 26.9 Å². The minimum absolute atomic E-state index is 0.156. The van der Waals surface area contributed by atoms with Gasteiger partial charge in [0.2, 0.25) is 0 Å². The maximum absolute atomic E-state index is 12.4. The van der Waals surface area contributed by atoms with Crippen LogP contribution in [0.2, 0.25) is 5.02 Å². The van der Waals surface area contributed by atoms with Gasteiger partial charge in [-0.25, -0.2) is 0 Å². The third kappa shape index (κ3) is 4.31. The molecule has 1 N–H and O–H groups in total. The van der Waals surface area contributed by atoms with Gasteiger partial charge in [-0.05, 0) is 59.7 Å². The SMILES string of the molecule is COc1cc(/C=C2\C(=O)Nc3ccc(Cl)cc32)ccc1OCc1ccc(Br)cc1. The van der Waals surface area contributed by atoms with Gasteiger partial charge in [-0.15, -0.1) is 0 Å². The van der Waals surface area contributed by atoms with E-state index < -0.39 is 0 Å². The Morgan fingerprint density at radius 3 is 2.59 bits per heavy atom. The fraction of sp³-hybridized carbons (Fsp3) is 0.0870. The third-order valence-corrected chi connectivity index (χ3v) is 5.33. The number of hydrogen-bond acceptors (Lipinski definition) is 3. The van der Waals surface area contributed by atoms with Crippen molar-refractivity contribution in [2.45, 2.75) is 6.61 Å². The molecule has 0 radical (unpaired) electrons. The largest absolute Gasteiger partial charge is 0.493 e. The van der Waals surface area contributed by atoms with Gasteiger partial charge in [-0.1, -0.05) is 45.7 Å². The van der Waals surface area contributed by atoms with Gasteiger partial charge < -0.3 is 14.8 Å². The number of halogens is 2. The van der Waals surface area contributed by atoms with Crippen molar-refractivity contribution in [3.05, 3.63) is 86.8 Å². The van der Waals surface area contributed by atoms with Crippen LogP contribution < -0.4 is 14.8 Å². The minimum atomic E-state index is -0.156. The minimum Gasteiger partial charge on any atom is -0.493 e. The van der Waals surface area contributed by atoms with E-state index >= 15 is 0 Å². The Hall–Kier alpha value is -2.76. The van der Waals surface area contributed by atoms with Crippen LogP contribution in [-0.4, -0.2) is 13.0 Å². The average molecular weight is 471 g/mol. The molecule has 0 atom stereocenters. The van der Waals surface area contributed by atoms with Crippen LogP contribution in [0, 0.1) is 0 Å². The van der Waals surface area contributed by atoms with Crippen LogP contribution in [-0.2, 0) is 11.4 Å².